The van der Waals surface area contributed by atoms with E-state index in [4.69, 9.17) is 5.26 Å². The topological polar surface area (TPSA) is 53.3 Å². The minimum absolute atomic E-state index is 0.198. The predicted octanol–water partition coefficient (Wildman–Crippen LogP) is 1.32. The molecule has 4 heteroatoms. The Balaban J connectivity index is 2.36. The third kappa shape index (κ3) is 3.88. The summed E-state index contributed by atoms with van der Waals surface area (Å²) < 4.78 is 4.59. The van der Waals surface area contributed by atoms with Crippen molar-refractivity contribution >= 4 is 5.97 Å². The van der Waals surface area contributed by atoms with E-state index in [1.807, 2.05) is 0 Å². The number of methoxy groups -OCH3 is 1. The first kappa shape index (κ1) is 12.0. The molecule has 1 saturated carbocycles. The largest absolute Gasteiger partial charge is 0.469 e. The third-order valence-electron chi connectivity index (χ3n) is 2.95. The molecule has 0 saturated heterocycles. The maximum atomic E-state index is 11.0. The van der Waals surface area contributed by atoms with Gasteiger partial charge in [0.05, 0.1) is 26.1 Å². The molecule has 0 radical (unpaired) electrons. The highest BCUT2D eigenvalue weighted by Crippen LogP contribution is 2.23. The van der Waals surface area contributed by atoms with E-state index in [1.54, 1.807) is 0 Å². The van der Waals surface area contributed by atoms with Gasteiger partial charge in [0.1, 0.15) is 0 Å². The maximum absolute atomic E-state index is 11.0. The van der Waals surface area contributed by atoms with Crippen molar-refractivity contribution in [1.29, 1.82) is 5.26 Å². The van der Waals surface area contributed by atoms with E-state index in [-0.39, 0.29) is 5.97 Å². The highest BCUT2D eigenvalue weighted by atomic mass is 16.5. The van der Waals surface area contributed by atoms with Crippen LogP contribution in [0.1, 0.15) is 32.1 Å². The van der Waals surface area contributed by atoms with Gasteiger partial charge in [-0.25, -0.2) is 0 Å². The van der Waals surface area contributed by atoms with Gasteiger partial charge >= 0.3 is 5.97 Å². The summed E-state index contributed by atoms with van der Waals surface area (Å²) in [6, 6.07) is 2.65. The van der Waals surface area contributed by atoms with Crippen LogP contribution in [0.25, 0.3) is 0 Å². The molecule has 0 heterocycles. The Morgan fingerprint density at radius 1 is 1.53 bits per heavy atom. The van der Waals surface area contributed by atoms with Crippen molar-refractivity contribution in [1.82, 2.24) is 4.90 Å². The first-order chi connectivity index (χ1) is 7.27. The van der Waals surface area contributed by atoms with Crippen molar-refractivity contribution in [3.8, 4) is 6.07 Å². The Labute approximate surface area is 90.8 Å². The molecule has 1 aliphatic rings. The molecule has 0 aliphatic heterocycles. The summed E-state index contributed by atoms with van der Waals surface area (Å²) in [4.78, 5) is 13.1. The SMILES string of the molecule is COC(=O)CCN(CC#N)C1CCCC1. The number of nitrogens with zero attached hydrogens (tertiary/aromatic N) is 2. The normalized spacial score (nSPS) is 16.6. The van der Waals surface area contributed by atoms with E-state index in [1.165, 1.54) is 20.0 Å². The van der Waals surface area contributed by atoms with Crippen LogP contribution >= 0.6 is 0 Å². The second-order valence-electron chi connectivity index (χ2n) is 3.89. The molecule has 0 amide bonds. The zero-order valence-electron chi connectivity index (χ0n) is 9.24. The average Bonchev–Trinajstić information content (AvgIpc) is 2.76. The lowest BCUT2D eigenvalue weighted by Gasteiger charge is -2.25. The number of rotatable bonds is 5. The van der Waals surface area contributed by atoms with Gasteiger partial charge in [-0.05, 0) is 12.8 Å². The van der Waals surface area contributed by atoms with E-state index in [9.17, 15) is 4.79 Å². The van der Waals surface area contributed by atoms with E-state index < -0.39 is 0 Å². The molecular weight excluding hydrogens is 192 g/mol. The predicted molar refractivity (Wildman–Crippen MR) is 56.1 cm³/mol. The van der Waals surface area contributed by atoms with Gasteiger partial charge in [0.2, 0.25) is 0 Å². The van der Waals surface area contributed by atoms with Crippen molar-refractivity contribution in [2.45, 2.75) is 38.1 Å². The number of ether oxygens (including phenoxy) is 1. The number of carbonyl (C=O) groups is 1. The van der Waals surface area contributed by atoms with Crippen molar-refractivity contribution in [3.63, 3.8) is 0 Å². The lowest BCUT2D eigenvalue weighted by atomic mass is 10.2. The second-order valence-corrected chi connectivity index (χ2v) is 3.89. The molecule has 0 unspecified atom stereocenters. The number of nitriles is 1. The Morgan fingerprint density at radius 2 is 2.20 bits per heavy atom. The summed E-state index contributed by atoms with van der Waals surface area (Å²) in [7, 11) is 1.40. The van der Waals surface area contributed by atoms with Crippen LogP contribution in [0.15, 0.2) is 0 Å². The molecule has 0 aromatic carbocycles. The Hall–Kier alpha value is -1.08. The monoisotopic (exact) mass is 210 g/mol. The van der Waals surface area contributed by atoms with E-state index >= 15 is 0 Å². The molecule has 0 spiro atoms. The number of hydrogen-bond acceptors (Lipinski definition) is 4. The standard InChI is InChI=1S/C11H18N2O2/c1-15-11(14)6-8-13(9-7-12)10-4-2-3-5-10/h10H,2-6,8-9H2,1H3. The van der Waals surface area contributed by atoms with Crippen molar-refractivity contribution in [3.05, 3.63) is 0 Å². The molecule has 0 N–H and O–H groups in total. The smallest absolute Gasteiger partial charge is 0.306 e. The second kappa shape index (κ2) is 6.41. The molecule has 0 bridgehead atoms. The average molecular weight is 210 g/mol. The zero-order chi connectivity index (χ0) is 11.1. The summed E-state index contributed by atoms with van der Waals surface area (Å²) >= 11 is 0. The molecule has 0 atom stereocenters. The molecule has 84 valence electrons. The van der Waals surface area contributed by atoms with Crippen LogP contribution in [0, 0.1) is 11.3 Å². The number of esters is 1. The molecule has 0 aromatic heterocycles. The van der Waals surface area contributed by atoms with Gasteiger partial charge in [-0.1, -0.05) is 12.8 Å². The molecule has 1 rings (SSSR count). The summed E-state index contributed by atoms with van der Waals surface area (Å²) in [6.45, 7) is 1.06. The van der Waals surface area contributed by atoms with Gasteiger partial charge in [-0.15, -0.1) is 0 Å². The van der Waals surface area contributed by atoms with E-state index in [0.29, 0.717) is 25.6 Å². The fraction of sp³-hybridized carbons (Fsp3) is 0.818. The van der Waals surface area contributed by atoms with Crippen LogP contribution in [0.2, 0.25) is 0 Å². The fourth-order valence-electron chi connectivity index (χ4n) is 2.09. The molecule has 0 aromatic rings. The third-order valence-corrected chi connectivity index (χ3v) is 2.95. The van der Waals surface area contributed by atoms with Crippen LogP contribution in [0.5, 0.6) is 0 Å². The van der Waals surface area contributed by atoms with Crippen LogP contribution < -0.4 is 0 Å². The van der Waals surface area contributed by atoms with Crippen LogP contribution in [0.4, 0.5) is 0 Å². The molecule has 1 fully saturated rings. The van der Waals surface area contributed by atoms with Crippen LogP contribution in [-0.2, 0) is 9.53 Å². The van der Waals surface area contributed by atoms with Crippen molar-refractivity contribution in [2.75, 3.05) is 20.2 Å². The number of carbonyl (C=O) groups excluding carboxylic acids is 1. The van der Waals surface area contributed by atoms with Crippen molar-refractivity contribution < 1.29 is 9.53 Å². The van der Waals surface area contributed by atoms with Crippen LogP contribution in [0.3, 0.4) is 0 Å². The van der Waals surface area contributed by atoms with Crippen LogP contribution in [-0.4, -0.2) is 37.1 Å². The highest BCUT2D eigenvalue weighted by Gasteiger charge is 2.22. The molecular formula is C11H18N2O2. The molecule has 1 aliphatic carbocycles. The fourth-order valence-corrected chi connectivity index (χ4v) is 2.09. The van der Waals surface area contributed by atoms with Gasteiger partial charge < -0.3 is 4.74 Å². The maximum Gasteiger partial charge on any atom is 0.306 e. The molecule has 15 heavy (non-hydrogen) atoms. The Morgan fingerprint density at radius 3 is 2.73 bits per heavy atom. The minimum Gasteiger partial charge on any atom is -0.469 e. The zero-order valence-corrected chi connectivity index (χ0v) is 9.24. The first-order valence-electron chi connectivity index (χ1n) is 5.45. The van der Waals surface area contributed by atoms with E-state index in [0.717, 1.165) is 12.8 Å². The lowest BCUT2D eigenvalue weighted by Crippen LogP contribution is -2.35. The van der Waals surface area contributed by atoms with E-state index in [2.05, 4.69) is 15.7 Å². The molecule has 4 nitrogen and oxygen atoms in total. The summed E-state index contributed by atoms with van der Waals surface area (Å²) in [6.07, 6.45) is 5.18. The Bertz CT molecular complexity index is 241. The Kier molecular flexibility index (Phi) is 5.13. The first-order valence-corrected chi connectivity index (χ1v) is 5.45. The summed E-state index contributed by atoms with van der Waals surface area (Å²) in [5, 5.41) is 8.71. The van der Waals surface area contributed by atoms with Crippen molar-refractivity contribution in [2.24, 2.45) is 0 Å². The number of hydrogen-bond donors (Lipinski definition) is 0. The van der Waals surface area contributed by atoms with Gasteiger partial charge in [-0.3, -0.25) is 9.69 Å². The van der Waals surface area contributed by atoms with Gasteiger partial charge in [0.15, 0.2) is 0 Å². The minimum atomic E-state index is -0.198. The summed E-state index contributed by atoms with van der Waals surface area (Å²) in [5.41, 5.74) is 0. The summed E-state index contributed by atoms with van der Waals surface area (Å²) in [5.74, 6) is -0.198. The lowest BCUT2D eigenvalue weighted by molar-refractivity contribution is -0.141. The van der Waals surface area contributed by atoms with Gasteiger partial charge in [0, 0.05) is 12.6 Å². The quantitative estimate of drug-likeness (QED) is 0.507. The highest BCUT2D eigenvalue weighted by molar-refractivity contribution is 5.69. The van der Waals surface area contributed by atoms with Gasteiger partial charge in [0.25, 0.3) is 0 Å². The van der Waals surface area contributed by atoms with Gasteiger partial charge in [-0.2, -0.15) is 5.26 Å².